The third-order valence-electron chi connectivity index (χ3n) is 3.95. The van der Waals surface area contributed by atoms with E-state index in [4.69, 9.17) is 19.4 Å². The van der Waals surface area contributed by atoms with E-state index in [1.165, 1.54) is 29.0 Å². The first-order chi connectivity index (χ1) is 14.7. The topological polar surface area (TPSA) is 253 Å². The fourth-order valence-corrected chi connectivity index (χ4v) is 6.25. The van der Waals surface area contributed by atoms with Gasteiger partial charge in [0.2, 0.25) is 0 Å². The number of fused-ring (bicyclic) bond motifs is 1. The molecule has 3 heterocycles. The highest BCUT2D eigenvalue weighted by Gasteiger charge is 2.47. The second-order valence-electron chi connectivity index (χ2n) is 6.14. The van der Waals surface area contributed by atoms with E-state index in [0.29, 0.717) is 10.5 Å². The Hall–Kier alpha value is -0.810. The highest BCUT2D eigenvalue weighted by atomic mass is 32.2. The van der Waals surface area contributed by atoms with Crippen LogP contribution in [0.5, 0.6) is 0 Å². The number of aliphatic hydroxyl groups excluding tert-OH is 2. The number of thioether (sulfide) groups is 1. The molecule has 6 N–H and O–H groups in total. The van der Waals surface area contributed by atoms with Gasteiger partial charge in [0.15, 0.2) is 11.9 Å². The molecule has 0 aromatic carbocycles. The van der Waals surface area contributed by atoms with E-state index < -0.39 is 54.6 Å². The first-order valence-electron chi connectivity index (χ1n) is 8.24. The molecular formula is C11H17N4O13P3S. The zero-order valence-electron chi connectivity index (χ0n) is 15.8. The Morgan fingerprint density at radius 2 is 1.75 bits per heavy atom. The minimum Gasteiger partial charge on any atom is -0.387 e. The lowest BCUT2D eigenvalue weighted by atomic mass is 10.1. The number of hydrogen-bond donors (Lipinski definition) is 6. The van der Waals surface area contributed by atoms with Crippen molar-refractivity contribution in [3.05, 3.63) is 12.7 Å². The third-order valence-corrected chi connectivity index (χ3v) is 8.44. The maximum atomic E-state index is 11.8. The van der Waals surface area contributed by atoms with Crippen molar-refractivity contribution >= 4 is 46.4 Å². The van der Waals surface area contributed by atoms with Crippen LogP contribution in [0.3, 0.4) is 0 Å². The van der Waals surface area contributed by atoms with Crippen molar-refractivity contribution < 1.29 is 61.4 Å². The second kappa shape index (κ2) is 9.44. The Morgan fingerprint density at radius 1 is 1.06 bits per heavy atom. The number of hydrogen-bond acceptors (Lipinski definition) is 13. The van der Waals surface area contributed by atoms with Gasteiger partial charge in [-0.25, -0.2) is 28.6 Å². The monoisotopic (exact) mass is 538 g/mol. The van der Waals surface area contributed by atoms with Crippen LogP contribution in [0.4, 0.5) is 0 Å². The maximum absolute atomic E-state index is 11.8. The van der Waals surface area contributed by atoms with Crippen molar-refractivity contribution in [1.29, 1.82) is 0 Å². The SMILES string of the molecule is CSc1ncnc2c1ncn2[C@@H]1O[C@H](COP(=O)(O)OP(=O)(O)OP(=O)(O)O)C(O)C1O. The summed E-state index contributed by atoms with van der Waals surface area (Å²) < 4.78 is 52.2. The van der Waals surface area contributed by atoms with Gasteiger partial charge < -0.3 is 34.5 Å². The summed E-state index contributed by atoms with van der Waals surface area (Å²) in [5, 5.41) is 21.1. The van der Waals surface area contributed by atoms with Gasteiger partial charge in [-0.3, -0.25) is 9.09 Å². The number of rotatable bonds is 9. The molecule has 1 aliphatic heterocycles. The van der Waals surface area contributed by atoms with E-state index in [1.54, 1.807) is 6.26 Å². The molecule has 17 nitrogen and oxygen atoms in total. The standard InChI is InChI=1S/C11H17N4O13P3S/c1-32-10-6-9(12-3-13-10)15(4-14-6)11-8(17)7(16)5(26-11)2-25-30(21,22)28-31(23,24)27-29(18,19)20/h3-5,7-8,11,16-17H,2H2,1H3,(H,21,22)(H,23,24)(H2,18,19,20)/t5-,7?,8?,11-/m1/s1. The largest absolute Gasteiger partial charge is 0.490 e. The van der Waals surface area contributed by atoms with Gasteiger partial charge in [-0.05, 0) is 6.26 Å². The van der Waals surface area contributed by atoms with Crippen LogP contribution >= 0.6 is 35.2 Å². The van der Waals surface area contributed by atoms with E-state index >= 15 is 0 Å². The molecule has 6 atom stereocenters. The molecule has 1 fully saturated rings. The van der Waals surface area contributed by atoms with Gasteiger partial charge in [-0.2, -0.15) is 8.62 Å². The van der Waals surface area contributed by atoms with Crippen molar-refractivity contribution in [1.82, 2.24) is 19.5 Å². The Balaban J connectivity index is 1.70. The van der Waals surface area contributed by atoms with Gasteiger partial charge >= 0.3 is 23.5 Å². The highest BCUT2D eigenvalue weighted by Crippen LogP contribution is 2.66. The van der Waals surface area contributed by atoms with Gasteiger partial charge in [0.1, 0.15) is 35.2 Å². The number of aromatic nitrogens is 4. The van der Waals surface area contributed by atoms with Crippen LogP contribution in [0.25, 0.3) is 11.2 Å². The predicted octanol–water partition coefficient (Wildman–Crippen LogP) is -0.489. The number of phosphoric ester groups is 1. The fraction of sp³-hybridized carbons (Fsp3) is 0.545. The maximum Gasteiger partial charge on any atom is 0.490 e. The summed E-state index contributed by atoms with van der Waals surface area (Å²) in [5.41, 5.74) is 0.677. The molecule has 0 spiro atoms. The molecule has 0 bridgehead atoms. The number of phosphoric acid groups is 3. The Kier molecular flexibility index (Phi) is 7.62. The molecule has 0 saturated carbocycles. The molecule has 0 aliphatic carbocycles. The molecule has 1 saturated heterocycles. The lowest BCUT2D eigenvalue weighted by Crippen LogP contribution is -2.33. The van der Waals surface area contributed by atoms with Gasteiger partial charge in [0.25, 0.3) is 0 Å². The summed E-state index contributed by atoms with van der Waals surface area (Å²) in [7, 11) is -16.7. The fourth-order valence-electron chi connectivity index (χ4n) is 2.73. The summed E-state index contributed by atoms with van der Waals surface area (Å²) in [5.74, 6) is 0. The smallest absolute Gasteiger partial charge is 0.387 e. The molecule has 21 heteroatoms. The van der Waals surface area contributed by atoms with Crippen molar-refractivity contribution in [3.8, 4) is 0 Å². The minimum absolute atomic E-state index is 0.272. The van der Waals surface area contributed by atoms with Crippen molar-refractivity contribution in [2.75, 3.05) is 12.9 Å². The predicted molar refractivity (Wildman–Crippen MR) is 103 cm³/mol. The zero-order chi connectivity index (χ0) is 23.9. The van der Waals surface area contributed by atoms with Gasteiger partial charge in [0, 0.05) is 0 Å². The van der Waals surface area contributed by atoms with Crippen molar-refractivity contribution in [2.45, 2.75) is 29.6 Å². The van der Waals surface area contributed by atoms with Gasteiger partial charge in [-0.15, -0.1) is 11.8 Å². The molecule has 1 aliphatic rings. The van der Waals surface area contributed by atoms with Gasteiger partial charge in [-0.1, -0.05) is 0 Å². The lowest BCUT2D eigenvalue weighted by Gasteiger charge is -2.19. The number of imidazole rings is 1. The summed E-state index contributed by atoms with van der Waals surface area (Å²) in [6.07, 6.45) is -1.57. The van der Waals surface area contributed by atoms with E-state index in [-0.39, 0.29) is 5.65 Å². The summed E-state index contributed by atoms with van der Waals surface area (Å²) in [6.45, 7) is -0.934. The quantitative estimate of drug-likeness (QED) is 0.134. The van der Waals surface area contributed by atoms with Gasteiger partial charge in [0.05, 0.1) is 12.9 Å². The average Bonchev–Trinajstić information content (AvgIpc) is 3.19. The van der Waals surface area contributed by atoms with Crippen LogP contribution in [-0.4, -0.2) is 80.5 Å². The number of nitrogens with zero attached hydrogens (tertiary/aromatic N) is 4. The molecule has 2 aromatic heterocycles. The molecular weight excluding hydrogens is 521 g/mol. The van der Waals surface area contributed by atoms with Crippen LogP contribution in [0.15, 0.2) is 17.7 Å². The lowest BCUT2D eigenvalue weighted by molar-refractivity contribution is -0.0503. The number of ether oxygens (including phenoxy) is 1. The first kappa shape index (κ1) is 25.8. The van der Waals surface area contributed by atoms with Crippen LogP contribution in [0.1, 0.15) is 6.23 Å². The summed E-state index contributed by atoms with van der Waals surface area (Å²) in [4.78, 5) is 47.9. The van der Waals surface area contributed by atoms with Crippen LogP contribution in [-0.2, 0) is 31.6 Å². The molecule has 180 valence electrons. The summed E-state index contributed by atoms with van der Waals surface area (Å²) >= 11 is 1.30. The van der Waals surface area contributed by atoms with E-state index in [0.717, 1.165) is 0 Å². The van der Waals surface area contributed by atoms with E-state index in [1.807, 2.05) is 0 Å². The number of aliphatic hydroxyl groups is 2. The van der Waals surface area contributed by atoms with Crippen LogP contribution in [0.2, 0.25) is 0 Å². The van der Waals surface area contributed by atoms with E-state index in [2.05, 4.69) is 28.1 Å². The average molecular weight is 538 g/mol. The molecule has 3 rings (SSSR count). The Bertz CT molecular complexity index is 1130. The summed E-state index contributed by atoms with van der Waals surface area (Å²) in [6, 6.07) is 0. The molecule has 0 radical (unpaired) electrons. The Labute approximate surface area is 182 Å². The molecule has 32 heavy (non-hydrogen) atoms. The van der Waals surface area contributed by atoms with Crippen molar-refractivity contribution in [2.24, 2.45) is 0 Å². The normalized spacial score (nSPS) is 28.0. The van der Waals surface area contributed by atoms with Crippen LogP contribution < -0.4 is 0 Å². The first-order valence-corrected chi connectivity index (χ1v) is 14.0. The van der Waals surface area contributed by atoms with Crippen molar-refractivity contribution in [3.63, 3.8) is 0 Å². The zero-order valence-corrected chi connectivity index (χ0v) is 19.3. The van der Waals surface area contributed by atoms with E-state index in [9.17, 15) is 28.8 Å². The second-order valence-corrected chi connectivity index (χ2v) is 11.4. The molecule has 2 aromatic rings. The Morgan fingerprint density at radius 3 is 2.38 bits per heavy atom. The third kappa shape index (κ3) is 6.00. The minimum atomic E-state index is -5.69. The van der Waals surface area contributed by atoms with Crippen LogP contribution in [0, 0.1) is 0 Å². The highest BCUT2D eigenvalue weighted by molar-refractivity contribution is 7.98. The molecule has 4 unspecified atom stereocenters. The molecule has 0 amide bonds.